The van der Waals surface area contributed by atoms with Crippen molar-refractivity contribution in [3.63, 3.8) is 0 Å². The van der Waals surface area contributed by atoms with Gasteiger partial charge in [0.1, 0.15) is 17.6 Å². The molecule has 4 nitrogen and oxygen atoms in total. The van der Waals surface area contributed by atoms with Crippen molar-refractivity contribution in [3.05, 3.63) is 65.6 Å². The van der Waals surface area contributed by atoms with Crippen molar-refractivity contribution in [1.29, 1.82) is 5.26 Å². The molecule has 152 valence electrons. The summed E-state index contributed by atoms with van der Waals surface area (Å²) in [5, 5.41) is 9.75. The molecule has 0 bridgehead atoms. The molecule has 3 aromatic rings. The molecule has 1 aromatic heterocycles. The van der Waals surface area contributed by atoms with Gasteiger partial charge in [-0.25, -0.2) is 8.78 Å². The number of fused-ring (bicyclic) bond motifs is 1. The molecule has 8 heteroatoms. The summed E-state index contributed by atoms with van der Waals surface area (Å²) < 4.78 is 41.2. The third kappa shape index (κ3) is 5.22. The van der Waals surface area contributed by atoms with Crippen molar-refractivity contribution in [2.45, 2.75) is 20.8 Å². The SMILES string of the molecule is CC.CCO/C=C/c1c(Oc2ccc(F)c(C#N)c2)c(F)cc2c1ccn2SI. The maximum Gasteiger partial charge on any atom is 0.171 e. The molecule has 0 saturated heterocycles. The first-order chi connectivity index (χ1) is 14.1. The van der Waals surface area contributed by atoms with Gasteiger partial charge in [0, 0.05) is 59.6 Å². The number of aromatic nitrogens is 1. The summed E-state index contributed by atoms with van der Waals surface area (Å²) in [6.07, 6.45) is 4.93. The first-order valence-corrected chi connectivity index (χ1v) is 12.2. The number of rotatable bonds is 6. The van der Waals surface area contributed by atoms with Crippen molar-refractivity contribution in [2.24, 2.45) is 0 Å². The van der Waals surface area contributed by atoms with Crippen molar-refractivity contribution < 1.29 is 18.3 Å². The second-order valence-electron chi connectivity index (χ2n) is 5.36. The van der Waals surface area contributed by atoms with Crippen LogP contribution in [0.2, 0.25) is 0 Å². The molecule has 0 aliphatic heterocycles. The Labute approximate surface area is 184 Å². The Morgan fingerprint density at radius 2 is 1.97 bits per heavy atom. The van der Waals surface area contributed by atoms with Gasteiger partial charge in [0.25, 0.3) is 0 Å². The lowest BCUT2D eigenvalue weighted by molar-refractivity contribution is 0.272. The quantitative estimate of drug-likeness (QED) is 0.246. The number of hydrogen-bond donors (Lipinski definition) is 0. The zero-order chi connectivity index (χ0) is 21.4. The minimum atomic E-state index is -0.659. The van der Waals surface area contributed by atoms with E-state index in [4.69, 9.17) is 14.7 Å². The molecular formula is C21H19F2IN2O2S. The molecule has 0 aliphatic carbocycles. The van der Waals surface area contributed by atoms with Gasteiger partial charge in [-0.15, -0.1) is 0 Å². The summed E-state index contributed by atoms with van der Waals surface area (Å²) >= 11 is 2.11. The zero-order valence-corrected chi connectivity index (χ0v) is 19.1. The molecular weight excluding hydrogens is 509 g/mol. The fourth-order valence-corrected chi connectivity index (χ4v) is 3.91. The van der Waals surface area contributed by atoms with Crippen molar-refractivity contribution in [3.8, 4) is 17.6 Å². The molecule has 0 saturated carbocycles. The van der Waals surface area contributed by atoms with Crippen LogP contribution in [0.25, 0.3) is 17.0 Å². The predicted octanol–water partition coefficient (Wildman–Crippen LogP) is 7.46. The highest BCUT2D eigenvalue weighted by atomic mass is 127. The smallest absolute Gasteiger partial charge is 0.171 e. The molecule has 0 fully saturated rings. The van der Waals surface area contributed by atoms with Crippen molar-refractivity contribution in [2.75, 3.05) is 6.61 Å². The summed E-state index contributed by atoms with van der Waals surface area (Å²) in [6.45, 7) is 6.31. The third-order valence-corrected chi connectivity index (χ3v) is 5.50. The Balaban J connectivity index is 0.00000145. The molecule has 0 aliphatic rings. The number of hydrogen-bond acceptors (Lipinski definition) is 4. The Kier molecular flexibility index (Phi) is 8.79. The van der Waals surface area contributed by atoms with Gasteiger partial charge in [-0.05, 0) is 31.2 Å². The maximum atomic E-state index is 14.9. The molecule has 0 unspecified atom stereocenters. The fourth-order valence-electron chi connectivity index (χ4n) is 2.55. The van der Waals surface area contributed by atoms with Gasteiger partial charge < -0.3 is 9.47 Å². The van der Waals surface area contributed by atoms with Crippen LogP contribution in [0.5, 0.6) is 11.5 Å². The summed E-state index contributed by atoms with van der Waals surface area (Å²) in [5.74, 6) is -1.09. The van der Waals surface area contributed by atoms with E-state index in [0.29, 0.717) is 17.7 Å². The van der Waals surface area contributed by atoms with E-state index in [-0.39, 0.29) is 17.1 Å². The Hall–Kier alpha value is -2.25. The highest BCUT2D eigenvalue weighted by Gasteiger charge is 2.17. The van der Waals surface area contributed by atoms with E-state index in [1.54, 1.807) is 12.1 Å². The average molecular weight is 528 g/mol. The number of benzene rings is 2. The molecule has 29 heavy (non-hydrogen) atoms. The first-order valence-electron chi connectivity index (χ1n) is 8.87. The first kappa shape index (κ1) is 23.0. The minimum Gasteiger partial charge on any atom is -0.501 e. The van der Waals surface area contributed by atoms with Gasteiger partial charge in [0.2, 0.25) is 0 Å². The number of nitrogens with zero attached hydrogens (tertiary/aromatic N) is 2. The van der Waals surface area contributed by atoms with E-state index >= 15 is 0 Å². The highest BCUT2D eigenvalue weighted by molar-refractivity contribution is 14.2. The molecule has 1 heterocycles. The Morgan fingerprint density at radius 1 is 1.21 bits per heavy atom. The highest BCUT2D eigenvalue weighted by Crippen LogP contribution is 2.38. The number of ether oxygens (including phenoxy) is 2. The van der Waals surface area contributed by atoms with Crippen molar-refractivity contribution >= 4 is 47.3 Å². The van der Waals surface area contributed by atoms with Gasteiger partial charge >= 0.3 is 0 Å². The molecule has 0 radical (unpaired) electrons. The second kappa shape index (κ2) is 11.1. The van der Waals surface area contributed by atoms with E-state index in [1.165, 1.54) is 33.6 Å². The molecule has 3 rings (SSSR count). The molecule has 0 atom stereocenters. The summed E-state index contributed by atoms with van der Waals surface area (Å²) in [5.41, 5.74) is 1.01. The van der Waals surface area contributed by atoms with Crippen LogP contribution >= 0.6 is 30.3 Å². The van der Waals surface area contributed by atoms with Gasteiger partial charge in [0.15, 0.2) is 11.6 Å². The summed E-state index contributed by atoms with van der Waals surface area (Å²) in [7, 11) is 1.41. The van der Waals surface area contributed by atoms with E-state index in [0.717, 1.165) is 11.5 Å². The monoisotopic (exact) mass is 528 g/mol. The molecule has 0 amide bonds. The maximum absolute atomic E-state index is 14.9. The zero-order valence-electron chi connectivity index (χ0n) is 16.1. The fraction of sp³-hybridized carbons (Fsp3) is 0.190. The van der Waals surface area contributed by atoms with Crippen LogP contribution in [0.4, 0.5) is 8.78 Å². The number of halogens is 3. The van der Waals surface area contributed by atoms with Crippen LogP contribution < -0.4 is 4.74 Å². The summed E-state index contributed by atoms with van der Waals surface area (Å²) in [6, 6.07) is 8.67. The average Bonchev–Trinajstić information content (AvgIpc) is 3.15. The van der Waals surface area contributed by atoms with Crippen molar-refractivity contribution in [1.82, 2.24) is 3.97 Å². The van der Waals surface area contributed by atoms with E-state index < -0.39 is 11.6 Å². The standard InChI is InChI=1S/C19H13F2IN2O2S.C2H6/c1-2-25-8-6-15-14-5-7-24(27-22)18(14)10-17(21)19(15)26-13-3-4-16(20)12(9-13)11-23;1-2/h3-10H,2H2,1H3;1-2H3/b8-6+;. The van der Waals surface area contributed by atoms with E-state index in [2.05, 4.69) is 21.2 Å². The largest absolute Gasteiger partial charge is 0.501 e. The van der Waals surface area contributed by atoms with Crippen LogP contribution in [-0.2, 0) is 4.74 Å². The van der Waals surface area contributed by atoms with E-state index in [1.807, 2.05) is 37.0 Å². The van der Waals surface area contributed by atoms with Crippen LogP contribution in [0, 0.1) is 23.0 Å². The lowest BCUT2D eigenvalue weighted by Gasteiger charge is -2.12. The van der Waals surface area contributed by atoms with Crippen LogP contribution in [0.3, 0.4) is 0 Å². The molecule has 2 aromatic carbocycles. The van der Waals surface area contributed by atoms with Crippen LogP contribution in [0.15, 0.2) is 42.8 Å². The van der Waals surface area contributed by atoms with Gasteiger partial charge in [-0.2, -0.15) is 5.26 Å². The van der Waals surface area contributed by atoms with Gasteiger partial charge in [0.05, 0.1) is 23.9 Å². The van der Waals surface area contributed by atoms with Crippen LogP contribution in [0.1, 0.15) is 31.9 Å². The van der Waals surface area contributed by atoms with Crippen LogP contribution in [-0.4, -0.2) is 10.6 Å². The Bertz CT molecular complexity index is 1060. The number of nitriles is 1. The lowest BCUT2D eigenvalue weighted by Crippen LogP contribution is -1.95. The topological polar surface area (TPSA) is 47.2 Å². The minimum absolute atomic E-state index is 0.0230. The second-order valence-corrected chi connectivity index (χ2v) is 7.07. The van der Waals surface area contributed by atoms with E-state index in [9.17, 15) is 8.78 Å². The van der Waals surface area contributed by atoms with Gasteiger partial charge in [-0.1, -0.05) is 13.8 Å². The predicted molar refractivity (Wildman–Crippen MR) is 122 cm³/mol. The normalized spacial score (nSPS) is 10.5. The third-order valence-electron chi connectivity index (χ3n) is 3.76. The molecule has 0 N–H and O–H groups in total. The summed E-state index contributed by atoms with van der Waals surface area (Å²) in [4.78, 5) is 0. The van der Waals surface area contributed by atoms with Gasteiger partial charge in [-0.3, -0.25) is 3.97 Å². The lowest BCUT2D eigenvalue weighted by atomic mass is 10.1. The Morgan fingerprint density at radius 3 is 2.62 bits per heavy atom. The molecule has 0 spiro atoms.